The maximum Gasteiger partial charge on any atom is 0.293 e. The Morgan fingerprint density at radius 3 is 2.16 bits per heavy atom. The van der Waals surface area contributed by atoms with Gasteiger partial charge in [0.15, 0.2) is 0 Å². The molecule has 4 nitrogen and oxygen atoms in total. The number of benzene rings is 3. The second kappa shape index (κ2) is 9.60. The van der Waals surface area contributed by atoms with Crippen molar-refractivity contribution in [3.8, 4) is 5.75 Å². The Morgan fingerprint density at radius 2 is 1.45 bits per heavy atom. The van der Waals surface area contributed by atoms with Gasteiger partial charge in [-0.25, -0.2) is 0 Å². The van der Waals surface area contributed by atoms with Gasteiger partial charge >= 0.3 is 0 Å². The first kappa shape index (κ1) is 21.5. The Bertz CT molecular complexity index is 1180. The molecular formula is C24H17Cl2NO3S. The van der Waals surface area contributed by atoms with Gasteiger partial charge in [-0.3, -0.25) is 14.5 Å². The number of carbonyl (C=O) groups excluding carboxylic acids is 2. The second-order valence-electron chi connectivity index (χ2n) is 6.78. The van der Waals surface area contributed by atoms with E-state index in [1.54, 1.807) is 30.3 Å². The maximum atomic E-state index is 12.9. The Morgan fingerprint density at radius 1 is 0.839 bits per heavy atom. The minimum Gasteiger partial charge on any atom is -0.488 e. The number of hydrogen-bond donors (Lipinski definition) is 0. The summed E-state index contributed by atoms with van der Waals surface area (Å²) in [6.07, 6.45) is 1.68. The average Bonchev–Trinajstić information content (AvgIpc) is 3.03. The van der Waals surface area contributed by atoms with Crippen molar-refractivity contribution in [2.45, 2.75) is 13.2 Å². The number of imide groups is 1. The molecule has 0 aromatic heterocycles. The van der Waals surface area contributed by atoms with Gasteiger partial charge in [0.25, 0.3) is 11.1 Å². The molecule has 7 heteroatoms. The van der Waals surface area contributed by atoms with Crippen molar-refractivity contribution < 1.29 is 14.3 Å². The summed E-state index contributed by atoms with van der Waals surface area (Å²) in [5, 5.41) is 0.815. The summed E-state index contributed by atoms with van der Waals surface area (Å²) in [5.41, 5.74) is 2.29. The summed E-state index contributed by atoms with van der Waals surface area (Å²) < 4.78 is 5.95. The highest BCUT2D eigenvalue weighted by Crippen LogP contribution is 2.35. The van der Waals surface area contributed by atoms with Crippen LogP contribution in [0.3, 0.4) is 0 Å². The predicted molar refractivity (Wildman–Crippen MR) is 125 cm³/mol. The summed E-state index contributed by atoms with van der Waals surface area (Å²) in [6.45, 7) is 0.421. The molecule has 4 rings (SSSR count). The molecule has 0 atom stereocenters. The summed E-state index contributed by atoms with van der Waals surface area (Å²) in [6, 6.07) is 22.0. The highest BCUT2D eigenvalue weighted by molar-refractivity contribution is 8.18. The van der Waals surface area contributed by atoms with Crippen molar-refractivity contribution in [1.82, 2.24) is 4.90 Å². The number of nitrogens with zero attached hydrogens (tertiary/aromatic N) is 1. The average molecular weight is 470 g/mol. The highest BCUT2D eigenvalue weighted by atomic mass is 35.5. The number of rotatable bonds is 6. The van der Waals surface area contributed by atoms with Gasteiger partial charge in [-0.2, -0.15) is 0 Å². The lowest BCUT2D eigenvalue weighted by molar-refractivity contribution is -0.123. The van der Waals surface area contributed by atoms with Crippen LogP contribution in [0.1, 0.15) is 16.7 Å². The van der Waals surface area contributed by atoms with Crippen molar-refractivity contribution >= 4 is 52.2 Å². The van der Waals surface area contributed by atoms with E-state index >= 15 is 0 Å². The third-order valence-electron chi connectivity index (χ3n) is 4.71. The van der Waals surface area contributed by atoms with E-state index in [1.165, 1.54) is 4.90 Å². The zero-order chi connectivity index (χ0) is 21.8. The second-order valence-corrected chi connectivity index (χ2v) is 8.58. The molecule has 1 aliphatic rings. The Hall–Kier alpha value is -2.73. The third-order valence-corrected chi connectivity index (χ3v) is 6.35. The van der Waals surface area contributed by atoms with Gasteiger partial charge in [-0.15, -0.1) is 0 Å². The highest BCUT2D eigenvalue weighted by Gasteiger charge is 2.35. The van der Waals surface area contributed by atoms with E-state index in [0.717, 1.165) is 22.9 Å². The Labute approximate surface area is 194 Å². The molecule has 3 aromatic rings. The molecule has 1 fully saturated rings. The largest absolute Gasteiger partial charge is 0.488 e. The van der Waals surface area contributed by atoms with Crippen LogP contribution < -0.4 is 4.74 Å². The van der Waals surface area contributed by atoms with Gasteiger partial charge in [-0.1, -0.05) is 77.8 Å². The molecule has 0 saturated carbocycles. The molecule has 0 unspecified atom stereocenters. The number of hydrogen-bond acceptors (Lipinski definition) is 4. The van der Waals surface area contributed by atoms with Gasteiger partial charge in [0.2, 0.25) is 0 Å². The number of amides is 2. The van der Waals surface area contributed by atoms with Gasteiger partial charge in [0.1, 0.15) is 12.4 Å². The molecule has 31 heavy (non-hydrogen) atoms. The van der Waals surface area contributed by atoms with E-state index in [0.29, 0.717) is 32.9 Å². The zero-order valence-corrected chi connectivity index (χ0v) is 18.6. The topological polar surface area (TPSA) is 46.6 Å². The lowest BCUT2D eigenvalue weighted by Crippen LogP contribution is -2.27. The molecule has 0 N–H and O–H groups in total. The number of ether oxygens (including phenoxy) is 1. The molecule has 1 saturated heterocycles. The standard InChI is InChI=1S/C24H17Cl2NO3S/c25-19-10-4-1-8-17(19)14-27-23(28)22(31-24(27)29)13-16-7-3-6-12-21(16)30-15-18-9-2-5-11-20(18)26/h1-13H,14-15H2/b22-13+. The van der Waals surface area contributed by atoms with Crippen LogP contribution in [0, 0.1) is 0 Å². The summed E-state index contributed by atoms with van der Waals surface area (Å²) in [4.78, 5) is 26.9. The van der Waals surface area contributed by atoms with Crippen LogP contribution in [0.2, 0.25) is 10.0 Å². The molecule has 156 valence electrons. The first-order valence-electron chi connectivity index (χ1n) is 9.47. The van der Waals surface area contributed by atoms with Gasteiger partial charge in [0.05, 0.1) is 11.4 Å². The molecule has 1 heterocycles. The monoisotopic (exact) mass is 469 g/mol. The van der Waals surface area contributed by atoms with Crippen molar-refractivity contribution in [3.05, 3.63) is 104 Å². The first-order valence-corrected chi connectivity index (χ1v) is 11.0. The van der Waals surface area contributed by atoms with Crippen LogP contribution in [-0.4, -0.2) is 16.0 Å². The number of carbonyl (C=O) groups is 2. The van der Waals surface area contributed by atoms with Gasteiger partial charge in [-0.05, 0) is 41.6 Å². The van der Waals surface area contributed by atoms with Gasteiger partial charge in [0, 0.05) is 21.2 Å². The van der Waals surface area contributed by atoms with E-state index in [9.17, 15) is 9.59 Å². The number of thioether (sulfide) groups is 1. The Balaban J connectivity index is 1.54. The maximum absolute atomic E-state index is 12.9. The molecule has 0 bridgehead atoms. The fourth-order valence-electron chi connectivity index (χ4n) is 3.08. The SMILES string of the molecule is O=C1S/C(=C/c2ccccc2OCc2ccccc2Cl)C(=O)N1Cc1ccccc1Cl. The lowest BCUT2D eigenvalue weighted by Gasteiger charge is -2.13. The molecular weight excluding hydrogens is 453 g/mol. The lowest BCUT2D eigenvalue weighted by atomic mass is 10.1. The summed E-state index contributed by atoms with van der Waals surface area (Å²) >= 11 is 13.3. The van der Waals surface area contributed by atoms with Gasteiger partial charge < -0.3 is 4.74 Å². The smallest absolute Gasteiger partial charge is 0.293 e. The van der Waals surface area contributed by atoms with Crippen LogP contribution in [0.25, 0.3) is 6.08 Å². The van der Waals surface area contributed by atoms with Crippen molar-refractivity contribution in [2.75, 3.05) is 0 Å². The summed E-state index contributed by atoms with van der Waals surface area (Å²) in [7, 11) is 0. The van der Waals surface area contributed by atoms with Crippen molar-refractivity contribution in [3.63, 3.8) is 0 Å². The van der Waals surface area contributed by atoms with Crippen LogP contribution in [0.5, 0.6) is 5.75 Å². The van der Waals surface area contributed by atoms with Crippen molar-refractivity contribution in [1.29, 1.82) is 0 Å². The molecule has 2 amide bonds. The fourth-order valence-corrected chi connectivity index (χ4v) is 4.29. The van der Waals surface area contributed by atoms with E-state index in [2.05, 4.69) is 0 Å². The Kier molecular flexibility index (Phi) is 6.66. The molecule has 0 spiro atoms. The summed E-state index contributed by atoms with van der Waals surface area (Å²) in [5.74, 6) is 0.246. The first-order chi connectivity index (χ1) is 15.0. The number of halogens is 2. The van der Waals surface area contributed by atoms with Crippen LogP contribution in [0.4, 0.5) is 4.79 Å². The minimum atomic E-state index is -0.351. The van der Waals surface area contributed by atoms with E-state index in [-0.39, 0.29) is 17.7 Å². The number of para-hydroxylation sites is 1. The zero-order valence-electron chi connectivity index (χ0n) is 16.3. The fraction of sp³-hybridized carbons (Fsp3) is 0.0833. The quantitative estimate of drug-likeness (QED) is 0.372. The third kappa shape index (κ3) is 4.96. The normalized spacial score (nSPS) is 15.0. The molecule has 1 aliphatic heterocycles. The van der Waals surface area contributed by atoms with E-state index < -0.39 is 0 Å². The molecule has 0 aliphatic carbocycles. The van der Waals surface area contributed by atoms with E-state index in [1.807, 2.05) is 48.5 Å². The molecule has 0 radical (unpaired) electrons. The minimum absolute atomic E-state index is 0.131. The van der Waals surface area contributed by atoms with Crippen LogP contribution in [0.15, 0.2) is 77.7 Å². The predicted octanol–water partition coefficient (Wildman–Crippen LogP) is 6.81. The molecule has 3 aromatic carbocycles. The van der Waals surface area contributed by atoms with Crippen LogP contribution in [-0.2, 0) is 17.9 Å². The van der Waals surface area contributed by atoms with E-state index in [4.69, 9.17) is 27.9 Å². The van der Waals surface area contributed by atoms with Crippen molar-refractivity contribution in [2.24, 2.45) is 0 Å². The van der Waals surface area contributed by atoms with Crippen LogP contribution >= 0.6 is 35.0 Å².